The number of nitrogens with one attached hydrogen (secondary N) is 1. The van der Waals surface area contributed by atoms with E-state index in [4.69, 9.17) is 5.10 Å². The van der Waals surface area contributed by atoms with Gasteiger partial charge in [-0.2, -0.15) is 10.2 Å². The van der Waals surface area contributed by atoms with Gasteiger partial charge in [-0.05, 0) is 25.7 Å². The summed E-state index contributed by atoms with van der Waals surface area (Å²) in [6.07, 6.45) is 7.64. The van der Waals surface area contributed by atoms with Crippen LogP contribution in [0.1, 0.15) is 72.5 Å². The number of amides is 1. The number of nitrogens with zero attached hydrogens (tertiary/aromatic N) is 5. The molecule has 0 atom stereocenters. The van der Waals surface area contributed by atoms with E-state index in [1.807, 2.05) is 11.7 Å². The van der Waals surface area contributed by atoms with Crippen molar-refractivity contribution in [1.29, 1.82) is 0 Å². The maximum atomic E-state index is 13.1. The Balaban J connectivity index is 1.57. The molecule has 0 saturated heterocycles. The zero-order valence-corrected chi connectivity index (χ0v) is 18.2. The summed E-state index contributed by atoms with van der Waals surface area (Å²) in [5.41, 5.74) is 5.33. The molecule has 29 heavy (non-hydrogen) atoms. The topological polar surface area (TPSA) is 68.0 Å². The van der Waals surface area contributed by atoms with E-state index in [9.17, 15) is 4.79 Å². The number of carbonyl (C=O) groups excluding carboxylic acids is 1. The smallest absolute Gasteiger partial charge is 0.272 e. The first-order valence-electron chi connectivity index (χ1n) is 11.0. The van der Waals surface area contributed by atoms with E-state index in [1.54, 1.807) is 0 Å². The summed E-state index contributed by atoms with van der Waals surface area (Å²) >= 11 is 0. The third-order valence-electron chi connectivity index (χ3n) is 6.17. The zero-order chi connectivity index (χ0) is 20.5. The van der Waals surface area contributed by atoms with Crippen LogP contribution in [-0.4, -0.2) is 43.0 Å². The summed E-state index contributed by atoms with van der Waals surface area (Å²) in [6, 6.07) is 0.311. The van der Waals surface area contributed by atoms with Crippen LogP contribution in [0, 0.1) is 12.8 Å². The van der Waals surface area contributed by atoms with Gasteiger partial charge in [0.25, 0.3) is 5.91 Å². The summed E-state index contributed by atoms with van der Waals surface area (Å²) in [4.78, 5) is 15.5. The van der Waals surface area contributed by atoms with Crippen LogP contribution in [0.4, 0.5) is 0 Å². The van der Waals surface area contributed by atoms with Crippen molar-refractivity contribution in [2.24, 2.45) is 13.0 Å². The highest BCUT2D eigenvalue weighted by Crippen LogP contribution is 2.26. The Labute approximate surface area is 173 Å². The lowest BCUT2D eigenvalue weighted by Gasteiger charge is -2.27. The van der Waals surface area contributed by atoms with E-state index in [2.05, 4.69) is 47.0 Å². The van der Waals surface area contributed by atoms with Crippen LogP contribution >= 0.6 is 0 Å². The molecule has 3 heterocycles. The molecule has 2 aromatic rings. The van der Waals surface area contributed by atoms with Gasteiger partial charge in [0.15, 0.2) is 5.69 Å². The fourth-order valence-electron chi connectivity index (χ4n) is 4.73. The molecule has 2 aliphatic rings. The summed E-state index contributed by atoms with van der Waals surface area (Å²) in [7, 11) is 1.96. The van der Waals surface area contributed by atoms with Crippen LogP contribution < -0.4 is 5.32 Å². The molecule has 7 heteroatoms. The highest BCUT2D eigenvalue weighted by atomic mass is 16.2. The van der Waals surface area contributed by atoms with Gasteiger partial charge >= 0.3 is 0 Å². The minimum absolute atomic E-state index is 0.00932. The average molecular weight is 399 g/mol. The lowest BCUT2D eigenvalue weighted by molar-refractivity contribution is 0.0929. The Morgan fingerprint density at radius 1 is 1.28 bits per heavy atom. The van der Waals surface area contributed by atoms with Crippen molar-refractivity contribution < 1.29 is 4.79 Å². The van der Waals surface area contributed by atoms with Crippen molar-refractivity contribution in [3.05, 3.63) is 34.4 Å². The Hall–Kier alpha value is -2.15. The molecule has 1 fully saturated rings. The summed E-state index contributed by atoms with van der Waals surface area (Å²) in [6.45, 7) is 9.94. The van der Waals surface area contributed by atoms with Gasteiger partial charge in [-0.15, -0.1) is 0 Å². The minimum atomic E-state index is 0.00932. The molecule has 2 aromatic heterocycles. The number of rotatable bonds is 6. The van der Waals surface area contributed by atoms with Crippen LogP contribution in [0.2, 0.25) is 0 Å². The molecule has 0 spiro atoms. The third kappa shape index (κ3) is 4.39. The van der Waals surface area contributed by atoms with Gasteiger partial charge in [0, 0.05) is 68.7 Å². The predicted molar refractivity (Wildman–Crippen MR) is 113 cm³/mol. The second kappa shape index (κ2) is 8.30. The second-order valence-corrected chi connectivity index (χ2v) is 9.18. The number of carbonyl (C=O) groups is 1. The van der Waals surface area contributed by atoms with Crippen molar-refractivity contribution in [3.8, 4) is 0 Å². The van der Waals surface area contributed by atoms with Gasteiger partial charge in [-0.1, -0.05) is 26.7 Å². The largest absolute Gasteiger partial charge is 0.348 e. The van der Waals surface area contributed by atoms with Crippen LogP contribution in [-0.2, 0) is 33.1 Å². The maximum Gasteiger partial charge on any atom is 0.272 e. The van der Waals surface area contributed by atoms with Crippen LogP contribution in [0.3, 0.4) is 0 Å². The first-order chi connectivity index (χ1) is 13.9. The first kappa shape index (κ1) is 20.1. The molecule has 158 valence electrons. The Morgan fingerprint density at radius 3 is 2.69 bits per heavy atom. The predicted octanol–water partition coefficient (Wildman–Crippen LogP) is 2.81. The summed E-state index contributed by atoms with van der Waals surface area (Å²) in [5, 5.41) is 12.5. The fraction of sp³-hybridized carbons (Fsp3) is 0.682. The lowest BCUT2D eigenvalue weighted by Crippen LogP contribution is -2.35. The molecular formula is C22H34N6O. The monoisotopic (exact) mass is 398 g/mol. The van der Waals surface area contributed by atoms with Gasteiger partial charge in [-0.3, -0.25) is 19.1 Å². The number of aromatic nitrogens is 4. The van der Waals surface area contributed by atoms with Crippen molar-refractivity contribution in [2.75, 3.05) is 6.54 Å². The molecular weight excluding hydrogens is 364 g/mol. The van der Waals surface area contributed by atoms with Gasteiger partial charge in [0.1, 0.15) is 0 Å². The van der Waals surface area contributed by atoms with Gasteiger partial charge in [0.05, 0.1) is 5.69 Å². The number of hydrogen-bond donors (Lipinski definition) is 1. The Kier molecular flexibility index (Phi) is 5.76. The molecule has 1 aliphatic heterocycles. The maximum absolute atomic E-state index is 13.1. The molecule has 7 nitrogen and oxygen atoms in total. The Morgan fingerprint density at radius 2 is 2.03 bits per heavy atom. The van der Waals surface area contributed by atoms with E-state index < -0.39 is 0 Å². The molecule has 0 bridgehead atoms. The standard InChI is InChI=1S/C22H34N6O/c1-15(2)11-28-20-9-10-27(13-17-12-26(4)24-16(17)3)14-19(20)21(25-28)22(29)23-18-7-5-6-8-18/h12,15,18H,5-11,13-14H2,1-4H3,(H,23,29). The number of hydrogen-bond acceptors (Lipinski definition) is 4. The van der Waals surface area contributed by atoms with Crippen LogP contribution in [0.25, 0.3) is 0 Å². The first-order valence-corrected chi connectivity index (χ1v) is 11.0. The van der Waals surface area contributed by atoms with Gasteiger partial charge in [0.2, 0.25) is 0 Å². The molecule has 1 aliphatic carbocycles. The van der Waals surface area contributed by atoms with Crippen molar-refractivity contribution in [3.63, 3.8) is 0 Å². The molecule has 0 radical (unpaired) electrons. The van der Waals surface area contributed by atoms with E-state index >= 15 is 0 Å². The number of aryl methyl sites for hydroxylation is 2. The SMILES string of the molecule is Cc1nn(C)cc1CN1CCc2c(c(C(=O)NC3CCCC3)nn2CC(C)C)C1. The molecule has 1 saturated carbocycles. The summed E-state index contributed by atoms with van der Waals surface area (Å²) < 4.78 is 3.97. The molecule has 1 N–H and O–H groups in total. The minimum Gasteiger partial charge on any atom is -0.348 e. The normalized spacial score (nSPS) is 17.8. The molecule has 0 aromatic carbocycles. The van der Waals surface area contributed by atoms with Gasteiger partial charge < -0.3 is 5.32 Å². The van der Waals surface area contributed by atoms with E-state index in [0.29, 0.717) is 17.7 Å². The third-order valence-corrected chi connectivity index (χ3v) is 6.17. The van der Waals surface area contributed by atoms with E-state index in [1.165, 1.54) is 24.1 Å². The molecule has 0 unspecified atom stereocenters. The zero-order valence-electron chi connectivity index (χ0n) is 18.2. The van der Waals surface area contributed by atoms with Gasteiger partial charge in [-0.25, -0.2) is 0 Å². The van der Waals surface area contributed by atoms with E-state index in [-0.39, 0.29) is 5.91 Å². The second-order valence-electron chi connectivity index (χ2n) is 9.18. The van der Waals surface area contributed by atoms with Crippen molar-refractivity contribution >= 4 is 5.91 Å². The molecule has 4 rings (SSSR count). The van der Waals surface area contributed by atoms with Crippen molar-refractivity contribution in [1.82, 2.24) is 29.8 Å². The summed E-state index contributed by atoms with van der Waals surface area (Å²) in [5.74, 6) is 0.510. The highest BCUT2D eigenvalue weighted by molar-refractivity contribution is 5.94. The molecule has 1 amide bonds. The Bertz CT molecular complexity index is 874. The lowest BCUT2D eigenvalue weighted by atomic mass is 10.0. The quantitative estimate of drug-likeness (QED) is 0.812. The van der Waals surface area contributed by atoms with E-state index in [0.717, 1.165) is 56.7 Å². The highest BCUT2D eigenvalue weighted by Gasteiger charge is 2.30. The van der Waals surface area contributed by atoms with Crippen molar-refractivity contribution in [2.45, 2.75) is 78.6 Å². The number of fused-ring (bicyclic) bond motifs is 1. The van der Waals surface area contributed by atoms with Crippen LogP contribution in [0.15, 0.2) is 6.20 Å². The fourth-order valence-corrected chi connectivity index (χ4v) is 4.73. The van der Waals surface area contributed by atoms with Crippen LogP contribution in [0.5, 0.6) is 0 Å². The average Bonchev–Trinajstić information content (AvgIpc) is 3.35.